The maximum atomic E-state index is 13.2. The number of benzene rings is 2. The highest BCUT2D eigenvalue weighted by molar-refractivity contribution is 14.1. The van der Waals surface area contributed by atoms with Crippen molar-refractivity contribution in [3.8, 4) is 0 Å². The largest absolute Gasteiger partial charge is 0.357 e. The fraction of sp³-hybridized carbons (Fsp3) is 0.0667. The van der Waals surface area contributed by atoms with Gasteiger partial charge in [0.1, 0.15) is 11.6 Å². The highest BCUT2D eigenvalue weighted by Gasteiger charge is 2.09. The summed E-state index contributed by atoms with van der Waals surface area (Å²) in [4.78, 5) is 8.86. The third kappa shape index (κ3) is 2.90. The van der Waals surface area contributed by atoms with Crippen molar-refractivity contribution < 1.29 is 4.39 Å². The lowest BCUT2D eigenvalue weighted by Crippen LogP contribution is -2.02. The van der Waals surface area contributed by atoms with Gasteiger partial charge < -0.3 is 10.6 Å². The first kappa shape index (κ1) is 14.0. The summed E-state index contributed by atoms with van der Waals surface area (Å²) < 4.78 is 14.0. The Balaban J connectivity index is 2.10. The van der Waals surface area contributed by atoms with Gasteiger partial charge in [-0.05, 0) is 52.9 Å². The van der Waals surface area contributed by atoms with E-state index in [-0.39, 0.29) is 5.82 Å². The topological polar surface area (TPSA) is 49.8 Å². The van der Waals surface area contributed by atoms with Gasteiger partial charge in [-0.25, -0.2) is 9.37 Å². The molecule has 2 N–H and O–H groups in total. The molecule has 3 aromatic rings. The molecule has 3 rings (SSSR count). The first-order valence-corrected chi connectivity index (χ1v) is 7.42. The molecule has 0 unspecified atom stereocenters. The zero-order valence-corrected chi connectivity index (χ0v) is 13.3. The number of aromatic nitrogens is 2. The van der Waals surface area contributed by atoms with Crippen LogP contribution in [0.3, 0.4) is 0 Å². The van der Waals surface area contributed by atoms with Crippen molar-refractivity contribution in [1.29, 1.82) is 0 Å². The molecule has 1 aromatic heterocycles. The van der Waals surface area contributed by atoms with Crippen molar-refractivity contribution in [2.75, 3.05) is 17.7 Å². The van der Waals surface area contributed by atoms with Gasteiger partial charge in [0.25, 0.3) is 0 Å². The zero-order chi connectivity index (χ0) is 14.8. The third-order valence-corrected chi connectivity index (χ3v) is 3.90. The molecular weight excluding hydrogens is 382 g/mol. The lowest BCUT2D eigenvalue weighted by atomic mass is 10.2. The first-order valence-electron chi connectivity index (χ1n) is 6.34. The molecular formula is C15H12FIN4. The van der Waals surface area contributed by atoms with Gasteiger partial charge in [-0.15, -0.1) is 0 Å². The molecule has 21 heavy (non-hydrogen) atoms. The van der Waals surface area contributed by atoms with Crippen LogP contribution in [0.5, 0.6) is 0 Å². The van der Waals surface area contributed by atoms with Gasteiger partial charge in [-0.2, -0.15) is 4.98 Å². The lowest BCUT2D eigenvalue weighted by Gasteiger charge is -2.12. The van der Waals surface area contributed by atoms with E-state index >= 15 is 0 Å². The van der Waals surface area contributed by atoms with E-state index in [0.29, 0.717) is 11.8 Å². The molecule has 0 aliphatic heterocycles. The van der Waals surface area contributed by atoms with Gasteiger partial charge in [0.2, 0.25) is 5.95 Å². The number of halogens is 2. The van der Waals surface area contributed by atoms with Gasteiger partial charge in [0.15, 0.2) is 0 Å². The van der Waals surface area contributed by atoms with Gasteiger partial charge in [0, 0.05) is 16.0 Å². The van der Waals surface area contributed by atoms with Crippen LogP contribution in [0, 0.1) is 9.39 Å². The normalized spacial score (nSPS) is 10.6. The van der Waals surface area contributed by atoms with Crippen molar-refractivity contribution in [3.63, 3.8) is 0 Å². The maximum Gasteiger partial charge on any atom is 0.224 e. The highest BCUT2D eigenvalue weighted by atomic mass is 127. The first-order chi connectivity index (χ1) is 10.2. The summed E-state index contributed by atoms with van der Waals surface area (Å²) in [6, 6.07) is 12.4. The van der Waals surface area contributed by atoms with Gasteiger partial charge >= 0.3 is 0 Å². The number of fused-ring (bicyclic) bond motifs is 1. The molecule has 0 bridgehead atoms. The molecule has 1 heterocycles. The Bertz CT molecular complexity index is 807. The van der Waals surface area contributed by atoms with Crippen LogP contribution in [0.4, 0.5) is 21.8 Å². The van der Waals surface area contributed by atoms with E-state index < -0.39 is 0 Å². The molecule has 0 aliphatic carbocycles. The summed E-state index contributed by atoms with van der Waals surface area (Å²) >= 11 is 2.09. The fourth-order valence-electron chi connectivity index (χ4n) is 2.00. The van der Waals surface area contributed by atoms with E-state index in [1.54, 1.807) is 13.1 Å². The molecule has 0 amide bonds. The SMILES string of the molecule is CNc1nc(Nc2ccc(F)cc2I)c2ccccc2n1. The minimum Gasteiger partial charge on any atom is -0.357 e. The van der Waals surface area contributed by atoms with E-state index in [0.717, 1.165) is 20.2 Å². The molecule has 2 aromatic carbocycles. The summed E-state index contributed by atoms with van der Waals surface area (Å²) in [5.74, 6) is 0.969. The molecule has 0 spiro atoms. The van der Waals surface area contributed by atoms with E-state index in [4.69, 9.17) is 0 Å². The van der Waals surface area contributed by atoms with Crippen LogP contribution in [0.1, 0.15) is 0 Å². The quantitative estimate of drug-likeness (QED) is 0.656. The Labute approximate surface area is 135 Å². The minimum absolute atomic E-state index is 0.256. The third-order valence-electron chi connectivity index (χ3n) is 3.01. The molecule has 0 saturated carbocycles. The van der Waals surface area contributed by atoms with Crippen molar-refractivity contribution in [2.24, 2.45) is 0 Å². The molecule has 6 heteroatoms. The second kappa shape index (κ2) is 5.80. The molecule has 0 saturated heterocycles. The van der Waals surface area contributed by atoms with Crippen molar-refractivity contribution in [1.82, 2.24) is 9.97 Å². The highest BCUT2D eigenvalue weighted by Crippen LogP contribution is 2.27. The number of nitrogens with zero attached hydrogens (tertiary/aromatic N) is 2. The Morgan fingerprint density at radius 1 is 1.10 bits per heavy atom. The lowest BCUT2D eigenvalue weighted by molar-refractivity contribution is 0.627. The maximum absolute atomic E-state index is 13.2. The molecule has 4 nitrogen and oxygen atoms in total. The Hall–Kier alpha value is -1.96. The molecule has 0 radical (unpaired) electrons. The van der Waals surface area contributed by atoms with Crippen LogP contribution in [-0.4, -0.2) is 17.0 Å². The smallest absolute Gasteiger partial charge is 0.224 e. The zero-order valence-electron chi connectivity index (χ0n) is 11.2. The summed E-state index contributed by atoms with van der Waals surface area (Å²) in [6.07, 6.45) is 0. The summed E-state index contributed by atoms with van der Waals surface area (Å²) in [5, 5.41) is 7.11. The average molecular weight is 394 g/mol. The summed E-state index contributed by atoms with van der Waals surface area (Å²) in [6.45, 7) is 0. The molecule has 0 atom stereocenters. The van der Waals surface area contributed by atoms with E-state index in [2.05, 4.69) is 43.2 Å². The van der Waals surface area contributed by atoms with Crippen LogP contribution in [0.25, 0.3) is 10.9 Å². The standard InChI is InChI=1S/C15H12FIN4/c1-18-15-20-12-5-3-2-4-10(12)14(21-15)19-13-7-6-9(16)8-11(13)17/h2-8H,1H3,(H2,18,19,20,21). The Kier molecular flexibility index (Phi) is 3.87. The summed E-state index contributed by atoms with van der Waals surface area (Å²) in [5.41, 5.74) is 1.65. The fourth-order valence-corrected chi connectivity index (χ4v) is 2.61. The van der Waals surface area contributed by atoms with Gasteiger partial charge in [0.05, 0.1) is 11.2 Å². The number of nitrogens with one attached hydrogen (secondary N) is 2. The minimum atomic E-state index is -0.256. The number of rotatable bonds is 3. The van der Waals surface area contributed by atoms with Crippen LogP contribution in [-0.2, 0) is 0 Å². The van der Waals surface area contributed by atoms with E-state index in [1.165, 1.54) is 12.1 Å². The molecule has 0 fully saturated rings. The second-order valence-corrected chi connectivity index (χ2v) is 5.57. The number of hydrogen-bond acceptors (Lipinski definition) is 4. The van der Waals surface area contributed by atoms with Crippen molar-refractivity contribution in [2.45, 2.75) is 0 Å². The van der Waals surface area contributed by atoms with Gasteiger partial charge in [-0.1, -0.05) is 12.1 Å². The predicted molar refractivity (Wildman–Crippen MR) is 91.5 cm³/mol. The molecule has 106 valence electrons. The number of para-hydroxylation sites is 1. The summed E-state index contributed by atoms with van der Waals surface area (Å²) in [7, 11) is 1.77. The Morgan fingerprint density at radius 2 is 1.90 bits per heavy atom. The predicted octanol–water partition coefficient (Wildman–Crippen LogP) is 4.16. The van der Waals surface area contributed by atoms with Crippen LogP contribution < -0.4 is 10.6 Å². The van der Waals surface area contributed by atoms with Crippen LogP contribution in [0.15, 0.2) is 42.5 Å². The van der Waals surface area contributed by atoms with Crippen molar-refractivity contribution in [3.05, 3.63) is 51.9 Å². The second-order valence-electron chi connectivity index (χ2n) is 4.41. The van der Waals surface area contributed by atoms with Gasteiger partial charge in [-0.3, -0.25) is 0 Å². The monoisotopic (exact) mass is 394 g/mol. The van der Waals surface area contributed by atoms with E-state index in [1.807, 2.05) is 24.3 Å². The molecule has 0 aliphatic rings. The van der Waals surface area contributed by atoms with E-state index in [9.17, 15) is 4.39 Å². The van der Waals surface area contributed by atoms with Crippen LogP contribution >= 0.6 is 22.6 Å². The number of hydrogen-bond donors (Lipinski definition) is 2. The van der Waals surface area contributed by atoms with Crippen molar-refractivity contribution >= 4 is 50.9 Å². The Morgan fingerprint density at radius 3 is 2.67 bits per heavy atom. The average Bonchev–Trinajstić information content (AvgIpc) is 2.49. The van der Waals surface area contributed by atoms with Crippen LogP contribution in [0.2, 0.25) is 0 Å². The number of anilines is 3.